The van der Waals surface area contributed by atoms with E-state index in [9.17, 15) is 14.4 Å². The predicted octanol–water partition coefficient (Wildman–Crippen LogP) is 3.48. The first kappa shape index (κ1) is 17.6. The van der Waals surface area contributed by atoms with Gasteiger partial charge < -0.3 is 0 Å². The molecule has 25 heavy (non-hydrogen) atoms. The summed E-state index contributed by atoms with van der Waals surface area (Å²) in [7, 11) is 0. The molecule has 1 aromatic heterocycles. The highest BCUT2D eigenvalue weighted by Gasteiger charge is 2.16. The zero-order valence-electron chi connectivity index (χ0n) is 13.3. The van der Waals surface area contributed by atoms with Crippen LogP contribution >= 0.6 is 27.5 Å². The van der Waals surface area contributed by atoms with Crippen molar-refractivity contribution >= 4 is 44.2 Å². The number of hydrogen-bond donors (Lipinski definition) is 0. The Labute approximate surface area is 156 Å². The summed E-state index contributed by atoms with van der Waals surface area (Å²) in [5.41, 5.74) is 0.0321. The van der Waals surface area contributed by atoms with E-state index in [0.29, 0.717) is 21.5 Å². The largest absolute Gasteiger partial charge is 0.331 e. The second-order valence-corrected chi connectivity index (χ2v) is 6.86. The molecule has 0 atom stereocenters. The van der Waals surface area contributed by atoms with Crippen molar-refractivity contribution in [2.24, 2.45) is 0 Å². The summed E-state index contributed by atoms with van der Waals surface area (Å²) in [6, 6.07) is 11.5. The molecule has 0 amide bonds. The summed E-state index contributed by atoms with van der Waals surface area (Å²) in [5, 5.41) is 0.920. The summed E-state index contributed by atoms with van der Waals surface area (Å²) in [6.45, 7) is 1.80. The normalized spacial score (nSPS) is 11.0. The average Bonchev–Trinajstić information content (AvgIpc) is 2.59. The number of hydrogen-bond acceptors (Lipinski definition) is 3. The van der Waals surface area contributed by atoms with Crippen LogP contribution in [0.25, 0.3) is 10.9 Å². The second-order valence-electron chi connectivity index (χ2n) is 5.51. The average molecular weight is 422 g/mol. The Balaban J connectivity index is 2.18. The quantitative estimate of drug-likeness (QED) is 0.606. The molecule has 3 aromatic rings. The third-order valence-electron chi connectivity index (χ3n) is 3.97. The molecule has 5 nitrogen and oxygen atoms in total. The van der Waals surface area contributed by atoms with Gasteiger partial charge in [0.2, 0.25) is 0 Å². The molecule has 0 fully saturated rings. The first-order valence-corrected chi connectivity index (χ1v) is 8.81. The fourth-order valence-corrected chi connectivity index (χ4v) is 3.19. The molecule has 0 spiro atoms. The summed E-state index contributed by atoms with van der Waals surface area (Å²) < 4.78 is 3.20. The third kappa shape index (κ3) is 3.32. The zero-order valence-corrected chi connectivity index (χ0v) is 15.7. The maximum atomic E-state index is 12.7. The van der Waals surface area contributed by atoms with Crippen molar-refractivity contribution in [3.8, 4) is 0 Å². The van der Waals surface area contributed by atoms with Gasteiger partial charge in [-0.2, -0.15) is 0 Å². The Bertz CT molecular complexity index is 1080. The van der Waals surface area contributed by atoms with E-state index in [1.165, 1.54) is 4.57 Å². The van der Waals surface area contributed by atoms with E-state index in [0.717, 1.165) is 9.04 Å². The van der Waals surface area contributed by atoms with Gasteiger partial charge in [-0.3, -0.25) is 18.7 Å². The van der Waals surface area contributed by atoms with Crippen molar-refractivity contribution in [2.45, 2.75) is 20.0 Å². The molecule has 3 rings (SSSR count). The van der Waals surface area contributed by atoms with Crippen LogP contribution in [0.15, 0.2) is 56.5 Å². The summed E-state index contributed by atoms with van der Waals surface area (Å²) >= 11 is 9.18. The number of aromatic nitrogens is 2. The minimum Gasteiger partial charge on any atom is -0.292 e. The van der Waals surface area contributed by atoms with Gasteiger partial charge in [0.25, 0.3) is 5.56 Å². The van der Waals surface area contributed by atoms with Gasteiger partial charge in [-0.15, -0.1) is 0 Å². The molecule has 0 saturated carbocycles. The van der Waals surface area contributed by atoms with Crippen molar-refractivity contribution < 1.29 is 4.79 Å². The molecule has 0 saturated heterocycles. The number of Topliss-reactive ketones (excluding diaryl/α,β-unsaturated/α-hetero) is 1. The van der Waals surface area contributed by atoms with Gasteiger partial charge in [-0.05, 0) is 49.4 Å². The van der Waals surface area contributed by atoms with Gasteiger partial charge in [0.15, 0.2) is 5.78 Å². The van der Waals surface area contributed by atoms with Crippen LogP contribution in [0.1, 0.15) is 17.3 Å². The third-order valence-corrected chi connectivity index (χ3v) is 4.72. The minimum atomic E-state index is -0.496. The topological polar surface area (TPSA) is 61.1 Å². The smallest absolute Gasteiger partial charge is 0.292 e. The highest BCUT2D eigenvalue weighted by Crippen LogP contribution is 2.17. The fraction of sp³-hybridized carbons (Fsp3) is 0.167. The van der Waals surface area contributed by atoms with Crippen LogP contribution in [0.5, 0.6) is 0 Å². The van der Waals surface area contributed by atoms with E-state index in [-0.39, 0.29) is 24.4 Å². The van der Waals surface area contributed by atoms with Crippen LogP contribution in [0.3, 0.4) is 0 Å². The molecule has 0 radical (unpaired) electrons. The maximum absolute atomic E-state index is 12.7. The second kappa shape index (κ2) is 6.98. The van der Waals surface area contributed by atoms with E-state index in [1.54, 1.807) is 49.4 Å². The SMILES string of the molecule is CCn1c(=O)c2cc(Br)ccc2n(CC(=O)c2ccc(Cl)cc2)c1=O. The van der Waals surface area contributed by atoms with Gasteiger partial charge in [-0.25, -0.2) is 4.79 Å². The van der Waals surface area contributed by atoms with Gasteiger partial charge in [0, 0.05) is 21.6 Å². The lowest BCUT2D eigenvalue weighted by Gasteiger charge is -2.13. The van der Waals surface area contributed by atoms with Gasteiger partial charge in [0.1, 0.15) is 0 Å². The van der Waals surface area contributed by atoms with Crippen molar-refractivity contribution in [1.29, 1.82) is 0 Å². The van der Waals surface area contributed by atoms with Crippen LogP contribution in [-0.4, -0.2) is 14.9 Å². The van der Waals surface area contributed by atoms with E-state index in [4.69, 9.17) is 11.6 Å². The summed E-state index contributed by atoms with van der Waals surface area (Å²) in [5.74, 6) is -0.232. The van der Waals surface area contributed by atoms with E-state index >= 15 is 0 Å². The number of carbonyl (C=O) groups excluding carboxylic acids is 1. The number of halogens is 2. The van der Waals surface area contributed by atoms with Crippen molar-refractivity contribution in [3.63, 3.8) is 0 Å². The van der Waals surface area contributed by atoms with Crippen molar-refractivity contribution in [3.05, 3.63) is 78.4 Å². The van der Waals surface area contributed by atoms with Gasteiger partial charge >= 0.3 is 5.69 Å². The molecule has 7 heteroatoms. The first-order valence-electron chi connectivity index (χ1n) is 7.64. The molecule has 128 valence electrons. The number of fused-ring (bicyclic) bond motifs is 1. The van der Waals surface area contributed by atoms with Crippen LogP contribution < -0.4 is 11.2 Å². The van der Waals surface area contributed by atoms with Crippen LogP contribution in [-0.2, 0) is 13.1 Å². The molecular weight excluding hydrogens is 408 g/mol. The van der Waals surface area contributed by atoms with Crippen LogP contribution in [0.4, 0.5) is 0 Å². The number of ketones is 1. The first-order chi connectivity index (χ1) is 11.9. The van der Waals surface area contributed by atoms with Gasteiger partial charge in [-0.1, -0.05) is 27.5 Å². The Morgan fingerprint density at radius 1 is 1.08 bits per heavy atom. The van der Waals surface area contributed by atoms with Crippen LogP contribution in [0.2, 0.25) is 5.02 Å². The number of benzene rings is 2. The van der Waals surface area contributed by atoms with Gasteiger partial charge in [0.05, 0.1) is 17.4 Å². The predicted molar refractivity (Wildman–Crippen MR) is 102 cm³/mol. The zero-order chi connectivity index (χ0) is 18.1. The molecular formula is C18H14BrClN2O3. The molecule has 0 bridgehead atoms. The molecule has 2 aromatic carbocycles. The van der Waals surface area contributed by atoms with E-state index < -0.39 is 5.69 Å². The van der Waals surface area contributed by atoms with Crippen LogP contribution in [0, 0.1) is 0 Å². The molecule has 1 heterocycles. The molecule has 0 aliphatic carbocycles. The monoisotopic (exact) mass is 420 g/mol. The lowest BCUT2D eigenvalue weighted by atomic mass is 10.1. The molecule has 0 aliphatic rings. The highest BCUT2D eigenvalue weighted by molar-refractivity contribution is 9.10. The molecule has 0 N–H and O–H groups in total. The fourth-order valence-electron chi connectivity index (χ4n) is 2.70. The van der Waals surface area contributed by atoms with E-state index in [1.807, 2.05) is 0 Å². The standard InChI is InChI=1S/C18H14BrClN2O3/c1-2-21-17(24)14-9-12(19)5-8-15(14)22(18(21)25)10-16(23)11-3-6-13(20)7-4-11/h3-9H,2,10H2,1H3. The highest BCUT2D eigenvalue weighted by atomic mass is 79.9. The lowest BCUT2D eigenvalue weighted by molar-refractivity contribution is 0.0971. The number of carbonyl (C=O) groups is 1. The van der Waals surface area contributed by atoms with Crippen molar-refractivity contribution in [1.82, 2.24) is 9.13 Å². The molecule has 0 unspecified atom stereocenters. The number of rotatable bonds is 4. The maximum Gasteiger partial charge on any atom is 0.331 e. The summed E-state index contributed by atoms with van der Waals surface area (Å²) in [4.78, 5) is 37.8. The van der Waals surface area contributed by atoms with E-state index in [2.05, 4.69) is 15.9 Å². The van der Waals surface area contributed by atoms with Crippen molar-refractivity contribution in [2.75, 3.05) is 0 Å². The Hall–Kier alpha value is -2.18. The minimum absolute atomic E-state index is 0.154. The Kier molecular flexibility index (Phi) is 4.92. The number of nitrogens with zero attached hydrogens (tertiary/aromatic N) is 2. The molecule has 0 aliphatic heterocycles. The summed E-state index contributed by atoms with van der Waals surface area (Å²) in [6.07, 6.45) is 0. The Morgan fingerprint density at radius 2 is 1.76 bits per heavy atom. The lowest BCUT2D eigenvalue weighted by Crippen LogP contribution is -2.40. The Morgan fingerprint density at radius 3 is 2.40 bits per heavy atom.